The molecule has 31 heavy (non-hydrogen) atoms. The third-order valence-electron chi connectivity index (χ3n) is 4.59. The quantitative estimate of drug-likeness (QED) is 0.499. The van der Waals surface area contributed by atoms with Gasteiger partial charge in [0.1, 0.15) is 17.9 Å². The Labute approximate surface area is 178 Å². The van der Waals surface area contributed by atoms with E-state index in [2.05, 4.69) is 20.6 Å². The largest absolute Gasteiger partial charge is 0.368 e. The summed E-state index contributed by atoms with van der Waals surface area (Å²) in [6.07, 6.45) is 1.60. The van der Waals surface area contributed by atoms with Crippen LogP contribution in [0.1, 0.15) is 18.2 Å². The van der Waals surface area contributed by atoms with E-state index in [4.69, 9.17) is 5.73 Å². The molecule has 9 heteroatoms. The second-order valence-corrected chi connectivity index (χ2v) is 7.10. The zero-order chi connectivity index (χ0) is 22.4. The first-order chi connectivity index (χ1) is 14.8. The number of hydrogen-bond acceptors (Lipinski definition) is 5. The van der Waals surface area contributed by atoms with Crippen LogP contribution in [0.3, 0.4) is 0 Å². The van der Waals surface area contributed by atoms with Crippen LogP contribution in [0.4, 0.5) is 4.39 Å². The number of nitrogens with one attached hydrogen (secondary N) is 2. The zero-order valence-corrected chi connectivity index (χ0v) is 16.8. The number of hydrogen-bond donors (Lipinski definition) is 3. The first-order valence-electron chi connectivity index (χ1n) is 9.63. The number of benzene rings is 2. The molecule has 160 valence electrons. The van der Waals surface area contributed by atoms with Crippen LogP contribution in [0.2, 0.25) is 0 Å². The van der Waals surface area contributed by atoms with E-state index in [1.807, 2.05) is 18.2 Å². The maximum absolute atomic E-state index is 13.5. The fourth-order valence-electron chi connectivity index (χ4n) is 3.15. The molecule has 3 rings (SSSR count). The standard InChI is InChI=1S/C22H22FN5O3/c1-13(29)26-20(10-14-5-4-6-15(23)9-14)22(31)28-19(21(24)30)11-16-12-25-17-7-2-3-8-18(17)27-16/h2-9,12,19-20H,10-11H2,1H3,(H2,24,30)(H,26,29)(H,28,31)/t19-,20-/m1/s1. The molecule has 0 aliphatic heterocycles. The molecule has 0 fully saturated rings. The lowest BCUT2D eigenvalue weighted by Gasteiger charge is -2.21. The molecule has 0 aliphatic carbocycles. The predicted octanol–water partition coefficient (Wildman–Crippen LogP) is 1.03. The Morgan fingerprint density at radius 1 is 1.00 bits per heavy atom. The second-order valence-electron chi connectivity index (χ2n) is 7.10. The average molecular weight is 423 g/mol. The van der Waals surface area contributed by atoms with Gasteiger partial charge >= 0.3 is 0 Å². The second kappa shape index (κ2) is 9.75. The molecule has 0 saturated heterocycles. The van der Waals surface area contributed by atoms with Crippen LogP contribution < -0.4 is 16.4 Å². The van der Waals surface area contributed by atoms with Gasteiger partial charge in [0, 0.05) is 26.0 Å². The highest BCUT2D eigenvalue weighted by Crippen LogP contribution is 2.11. The maximum atomic E-state index is 13.5. The summed E-state index contributed by atoms with van der Waals surface area (Å²) >= 11 is 0. The Balaban J connectivity index is 1.75. The molecular formula is C22H22FN5O3. The summed E-state index contributed by atoms with van der Waals surface area (Å²) in [5.74, 6) is -2.26. The Kier molecular flexibility index (Phi) is 6.86. The molecule has 0 saturated carbocycles. The molecule has 1 heterocycles. The monoisotopic (exact) mass is 423 g/mol. The third-order valence-corrected chi connectivity index (χ3v) is 4.59. The number of fused-ring (bicyclic) bond motifs is 1. The minimum Gasteiger partial charge on any atom is -0.368 e. The summed E-state index contributed by atoms with van der Waals surface area (Å²) in [5.41, 5.74) is 7.83. The summed E-state index contributed by atoms with van der Waals surface area (Å²) in [6, 6.07) is 10.9. The first kappa shape index (κ1) is 21.8. The Morgan fingerprint density at radius 3 is 2.42 bits per heavy atom. The van der Waals surface area contributed by atoms with Gasteiger partial charge in [-0.1, -0.05) is 24.3 Å². The lowest BCUT2D eigenvalue weighted by atomic mass is 10.0. The number of amides is 3. The van der Waals surface area contributed by atoms with Crippen LogP contribution >= 0.6 is 0 Å². The van der Waals surface area contributed by atoms with E-state index in [-0.39, 0.29) is 12.8 Å². The normalized spacial score (nSPS) is 12.7. The van der Waals surface area contributed by atoms with Gasteiger partial charge in [0.25, 0.3) is 0 Å². The van der Waals surface area contributed by atoms with Gasteiger partial charge in [0.05, 0.1) is 16.7 Å². The van der Waals surface area contributed by atoms with Crippen molar-refractivity contribution >= 4 is 28.8 Å². The van der Waals surface area contributed by atoms with Gasteiger partial charge in [0.15, 0.2) is 0 Å². The van der Waals surface area contributed by atoms with E-state index in [0.29, 0.717) is 22.3 Å². The van der Waals surface area contributed by atoms with Crippen molar-refractivity contribution in [3.05, 3.63) is 71.8 Å². The molecule has 2 aromatic carbocycles. The van der Waals surface area contributed by atoms with Crippen molar-refractivity contribution in [2.75, 3.05) is 0 Å². The molecule has 8 nitrogen and oxygen atoms in total. The smallest absolute Gasteiger partial charge is 0.243 e. The minimum absolute atomic E-state index is 0.0334. The number of carbonyl (C=O) groups excluding carboxylic acids is 3. The van der Waals surface area contributed by atoms with Gasteiger partial charge in [-0.25, -0.2) is 9.37 Å². The minimum atomic E-state index is -1.06. The summed E-state index contributed by atoms with van der Waals surface area (Å²) in [6.45, 7) is 1.27. The van der Waals surface area contributed by atoms with Crippen LogP contribution in [0, 0.1) is 5.82 Å². The molecule has 0 spiro atoms. The summed E-state index contributed by atoms with van der Waals surface area (Å²) in [4.78, 5) is 45.1. The van der Waals surface area contributed by atoms with Crippen LogP contribution in [-0.4, -0.2) is 39.8 Å². The van der Waals surface area contributed by atoms with Gasteiger partial charge in [-0.2, -0.15) is 0 Å². The summed E-state index contributed by atoms with van der Waals surface area (Å²) < 4.78 is 13.5. The summed E-state index contributed by atoms with van der Waals surface area (Å²) in [7, 11) is 0. The topological polar surface area (TPSA) is 127 Å². The molecule has 0 radical (unpaired) electrons. The van der Waals surface area contributed by atoms with Gasteiger partial charge < -0.3 is 16.4 Å². The van der Waals surface area contributed by atoms with Crippen LogP contribution in [-0.2, 0) is 27.2 Å². The van der Waals surface area contributed by atoms with Gasteiger partial charge in [0.2, 0.25) is 17.7 Å². The van der Waals surface area contributed by atoms with E-state index >= 15 is 0 Å². The Morgan fingerprint density at radius 2 is 1.74 bits per heavy atom. The first-order valence-corrected chi connectivity index (χ1v) is 9.63. The maximum Gasteiger partial charge on any atom is 0.243 e. The molecular weight excluding hydrogens is 401 g/mol. The summed E-state index contributed by atoms with van der Waals surface area (Å²) in [5, 5.41) is 5.09. The molecule has 0 bridgehead atoms. The Hall–Kier alpha value is -3.88. The van der Waals surface area contributed by atoms with E-state index in [1.54, 1.807) is 12.1 Å². The van der Waals surface area contributed by atoms with E-state index in [1.165, 1.54) is 31.3 Å². The molecule has 0 unspecified atom stereocenters. The predicted molar refractivity (Wildman–Crippen MR) is 112 cm³/mol. The van der Waals surface area contributed by atoms with Crippen molar-refractivity contribution in [3.8, 4) is 0 Å². The number of nitrogens with two attached hydrogens (primary N) is 1. The highest BCUT2D eigenvalue weighted by atomic mass is 19.1. The lowest BCUT2D eigenvalue weighted by molar-refractivity contribution is -0.130. The number of nitrogens with zero attached hydrogens (tertiary/aromatic N) is 2. The molecule has 4 N–H and O–H groups in total. The van der Waals surface area contributed by atoms with E-state index in [9.17, 15) is 18.8 Å². The van der Waals surface area contributed by atoms with Crippen molar-refractivity contribution in [1.29, 1.82) is 0 Å². The van der Waals surface area contributed by atoms with Crippen molar-refractivity contribution in [2.24, 2.45) is 5.73 Å². The van der Waals surface area contributed by atoms with Crippen LogP contribution in [0.15, 0.2) is 54.7 Å². The van der Waals surface area contributed by atoms with Crippen molar-refractivity contribution < 1.29 is 18.8 Å². The van der Waals surface area contributed by atoms with E-state index < -0.39 is 35.6 Å². The molecule has 2 atom stereocenters. The third kappa shape index (κ3) is 6.05. The number of para-hydroxylation sites is 2. The SMILES string of the molecule is CC(=O)N[C@H](Cc1cccc(F)c1)C(=O)N[C@H](Cc1cnc2ccccc2n1)C(N)=O. The highest BCUT2D eigenvalue weighted by molar-refractivity contribution is 5.91. The number of carbonyl (C=O) groups is 3. The number of halogens is 1. The van der Waals surface area contributed by atoms with Gasteiger partial charge in [-0.3, -0.25) is 19.4 Å². The number of aromatic nitrogens is 2. The van der Waals surface area contributed by atoms with E-state index in [0.717, 1.165) is 0 Å². The molecule has 3 amide bonds. The fourth-order valence-corrected chi connectivity index (χ4v) is 3.15. The molecule has 3 aromatic rings. The number of rotatable bonds is 8. The lowest BCUT2D eigenvalue weighted by Crippen LogP contribution is -2.54. The number of primary amides is 1. The average Bonchev–Trinajstić information content (AvgIpc) is 2.72. The fraction of sp³-hybridized carbons (Fsp3) is 0.227. The Bertz CT molecular complexity index is 1120. The highest BCUT2D eigenvalue weighted by Gasteiger charge is 2.26. The van der Waals surface area contributed by atoms with Gasteiger partial charge in [-0.05, 0) is 29.8 Å². The zero-order valence-electron chi connectivity index (χ0n) is 16.8. The molecule has 1 aromatic heterocycles. The van der Waals surface area contributed by atoms with Crippen LogP contribution in [0.25, 0.3) is 11.0 Å². The van der Waals surface area contributed by atoms with Crippen molar-refractivity contribution in [3.63, 3.8) is 0 Å². The van der Waals surface area contributed by atoms with Crippen molar-refractivity contribution in [2.45, 2.75) is 31.8 Å². The van der Waals surface area contributed by atoms with Crippen molar-refractivity contribution in [1.82, 2.24) is 20.6 Å². The van der Waals surface area contributed by atoms with Crippen LogP contribution in [0.5, 0.6) is 0 Å². The van der Waals surface area contributed by atoms with Gasteiger partial charge in [-0.15, -0.1) is 0 Å². The molecule has 0 aliphatic rings.